The van der Waals surface area contributed by atoms with E-state index in [-0.39, 0.29) is 0 Å². The zero-order valence-electron chi connectivity index (χ0n) is 12.8. The fraction of sp³-hybridized carbons (Fsp3) is 0.0526. The normalized spacial score (nSPS) is 10.3. The van der Waals surface area contributed by atoms with Gasteiger partial charge in [-0.3, -0.25) is 0 Å². The van der Waals surface area contributed by atoms with E-state index in [4.69, 9.17) is 20.9 Å². The molecule has 0 bridgehead atoms. The third-order valence-corrected chi connectivity index (χ3v) is 3.34. The van der Waals surface area contributed by atoms with Gasteiger partial charge in [-0.25, -0.2) is 0 Å². The number of nitrogen functional groups attached to an aromatic ring is 2. The van der Waals surface area contributed by atoms with E-state index in [2.05, 4.69) is 0 Å². The molecule has 0 heterocycles. The molecule has 0 unspecified atom stereocenters. The minimum atomic E-state index is 0.623. The average Bonchev–Trinajstić information content (AvgIpc) is 2.51. The summed E-state index contributed by atoms with van der Waals surface area (Å²) in [4.78, 5) is 0. The molecule has 0 aliphatic heterocycles. The van der Waals surface area contributed by atoms with Gasteiger partial charge in [0.15, 0.2) is 11.5 Å². The quantitative estimate of drug-likeness (QED) is 0.683. The van der Waals surface area contributed by atoms with Gasteiger partial charge in [0, 0.05) is 23.5 Å². The Bertz CT molecular complexity index is 831. The van der Waals surface area contributed by atoms with Crippen molar-refractivity contribution in [2.75, 3.05) is 11.5 Å². The smallest absolute Gasteiger partial charge is 0.172 e. The Kier molecular flexibility index (Phi) is 4.06. The topological polar surface area (TPSA) is 70.5 Å². The summed E-state index contributed by atoms with van der Waals surface area (Å²) in [5, 5.41) is 0. The summed E-state index contributed by atoms with van der Waals surface area (Å²) >= 11 is 0. The lowest BCUT2D eigenvalue weighted by atomic mass is 10.2. The van der Waals surface area contributed by atoms with Crippen molar-refractivity contribution in [2.24, 2.45) is 0 Å². The zero-order chi connectivity index (χ0) is 16.2. The van der Waals surface area contributed by atoms with Gasteiger partial charge in [-0.2, -0.15) is 0 Å². The highest BCUT2D eigenvalue weighted by Gasteiger charge is 2.11. The van der Waals surface area contributed by atoms with Crippen LogP contribution in [0.25, 0.3) is 0 Å². The maximum absolute atomic E-state index is 5.99. The van der Waals surface area contributed by atoms with Gasteiger partial charge in [0.1, 0.15) is 11.5 Å². The third kappa shape index (κ3) is 3.55. The van der Waals surface area contributed by atoms with E-state index in [1.807, 2.05) is 61.5 Å². The van der Waals surface area contributed by atoms with E-state index < -0.39 is 0 Å². The Morgan fingerprint density at radius 3 is 1.87 bits per heavy atom. The number of para-hydroxylation sites is 1. The second kappa shape index (κ2) is 6.32. The van der Waals surface area contributed by atoms with Crippen LogP contribution in [-0.2, 0) is 0 Å². The highest BCUT2D eigenvalue weighted by atomic mass is 16.5. The molecule has 0 aliphatic rings. The number of anilines is 2. The van der Waals surface area contributed by atoms with E-state index in [1.54, 1.807) is 12.1 Å². The van der Waals surface area contributed by atoms with E-state index in [1.165, 1.54) is 0 Å². The number of nitrogens with two attached hydrogens (primary N) is 2. The fourth-order valence-electron chi connectivity index (χ4n) is 2.24. The largest absolute Gasteiger partial charge is 0.453 e. The SMILES string of the molecule is Cc1cccc(Oc2cccc(N)c2)c1Oc1cccc(N)c1. The zero-order valence-corrected chi connectivity index (χ0v) is 12.8. The molecule has 3 aromatic carbocycles. The highest BCUT2D eigenvalue weighted by Crippen LogP contribution is 2.38. The van der Waals surface area contributed by atoms with E-state index >= 15 is 0 Å². The number of ether oxygens (including phenoxy) is 2. The van der Waals surface area contributed by atoms with Crippen LogP contribution in [0.3, 0.4) is 0 Å². The maximum Gasteiger partial charge on any atom is 0.172 e. The standard InChI is InChI=1S/C19H18N2O2/c1-13-5-2-10-18(22-16-8-3-6-14(20)11-16)19(13)23-17-9-4-7-15(21)12-17/h2-12H,20-21H2,1H3. The van der Waals surface area contributed by atoms with Crippen LogP contribution in [-0.4, -0.2) is 0 Å². The molecule has 0 aliphatic carbocycles. The van der Waals surface area contributed by atoms with Crippen LogP contribution in [0.1, 0.15) is 5.56 Å². The predicted octanol–water partition coefficient (Wildman–Crippen LogP) is 4.74. The first kappa shape index (κ1) is 14.8. The van der Waals surface area contributed by atoms with Crippen LogP contribution in [0.15, 0.2) is 66.7 Å². The molecule has 0 saturated carbocycles. The van der Waals surface area contributed by atoms with Gasteiger partial charge in [-0.15, -0.1) is 0 Å². The van der Waals surface area contributed by atoms with Crippen molar-refractivity contribution < 1.29 is 9.47 Å². The third-order valence-electron chi connectivity index (χ3n) is 3.34. The Labute approximate surface area is 135 Å². The van der Waals surface area contributed by atoms with Crippen LogP contribution in [0, 0.1) is 6.92 Å². The van der Waals surface area contributed by atoms with Crippen molar-refractivity contribution in [3.05, 3.63) is 72.3 Å². The number of aryl methyl sites for hydroxylation is 1. The molecular formula is C19H18N2O2. The molecule has 116 valence electrons. The Morgan fingerprint density at radius 2 is 1.26 bits per heavy atom. The number of benzene rings is 3. The minimum Gasteiger partial charge on any atom is -0.453 e. The van der Waals surface area contributed by atoms with E-state index in [0.717, 1.165) is 5.56 Å². The van der Waals surface area contributed by atoms with Crippen molar-refractivity contribution in [2.45, 2.75) is 6.92 Å². The second-order valence-electron chi connectivity index (χ2n) is 5.25. The van der Waals surface area contributed by atoms with Gasteiger partial charge in [-0.05, 0) is 42.8 Å². The Morgan fingerprint density at radius 1 is 0.696 bits per heavy atom. The molecule has 4 N–H and O–H groups in total. The lowest BCUT2D eigenvalue weighted by molar-refractivity contribution is 0.416. The van der Waals surface area contributed by atoms with Crippen molar-refractivity contribution in [1.29, 1.82) is 0 Å². The van der Waals surface area contributed by atoms with Crippen LogP contribution in [0.5, 0.6) is 23.0 Å². The molecule has 0 saturated heterocycles. The molecule has 0 amide bonds. The van der Waals surface area contributed by atoms with Crippen LogP contribution >= 0.6 is 0 Å². The first-order valence-corrected chi connectivity index (χ1v) is 7.28. The lowest BCUT2D eigenvalue weighted by Crippen LogP contribution is -1.94. The number of hydrogen-bond donors (Lipinski definition) is 2. The number of rotatable bonds is 4. The average molecular weight is 306 g/mol. The summed E-state index contributed by atoms with van der Waals surface area (Å²) in [6.07, 6.45) is 0. The molecular weight excluding hydrogens is 288 g/mol. The number of hydrogen-bond acceptors (Lipinski definition) is 4. The van der Waals surface area contributed by atoms with Crippen molar-refractivity contribution in [1.82, 2.24) is 0 Å². The predicted molar refractivity (Wildman–Crippen MR) is 93.0 cm³/mol. The van der Waals surface area contributed by atoms with Crippen molar-refractivity contribution in [3.63, 3.8) is 0 Å². The van der Waals surface area contributed by atoms with Crippen molar-refractivity contribution >= 4 is 11.4 Å². The Hall–Kier alpha value is -3.14. The van der Waals surface area contributed by atoms with Gasteiger partial charge in [0.05, 0.1) is 0 Å². The molecule has 3 rings (SSSR count). The second-order valence-corrected chi connectivity index (χ2v) is 5.25. The lowest BCUT2D eigenvalue weighted by Gasteiger charge is -2.15. The van der Waals surface area contributed by atoms with Crippen molar-refractivity contribution in [3.8, 4) is 23.0 Å². The van der Waals surface area contributed by atoms with Gasteiger partial charge >= 0.3 is 0 Å². The summed E-state index contributed by atoms with van der Waals surface area (Å²) in [5.41, 5.74) is 13.9. The van der Waals surface area contributed by atoms with Crippen LogP contribution in [0.4, 0.5) is 11.4 Å². The molecule has 23 heavy (non-hydrogen) atoms. The van der Waals surface area contributed by atoms with Crippen LogP contribution < -0.4 is 20.9 Å². The summed E-state index contributed by atoms with van der Waals surface area (Å²) in [6, 6.07) is 20.3. The molecule has 0 spiro atoms. The summed E-state index contributed by atoms with van der Waals surface area (Å²) in [6.45, 7) is 1.97. The molecule has 0 atom stereocenters. The first-order valence-electron chi connectivity index (χ1n) is 7.28. The molecule has 0 fully saturated rings. The summed E-state index contributed by atoms with van der Waals surface area (Å²) in [7, 11) is 0. The molecule has 4 nitrogen and oxygen atoms in total. The van der Waals surface area contributed by atoms with E-state index in [0.29, 0.717) is 34.4 Å². The highest BCUT2D eigenvalue weighted by molar-refractivity contribution is 5.53. The molecule has 0 aromatic heterocycles. The molecule has 3 aromatic rings. The fourth-order valence-corrected chi connectivity index (χ4v) is 2.24. The Balaban J connectivity index is 1.93. The summed E-state index contributed by atoms with van der Waals surface area (Å²) in [5.74, 6) is 2.60. The molecule has 0 radical (unpaired) electrons. The van der Waals surface area contributed by atoms with Gasteiger partial charge in [0.2, 0.25) is 0 Å². The minimum absolute atomic E-state index is 0.623. The summed E-state index contributed by atoms with van der Waals surface area (Å²) < 4.78 is 11.9. The monoisotopic (exact) mass is 306 g/mol. The van der Waals surface area contributed by atoms with Gasteiger partial charge in [-0.1, -0.05) is 24.3 Å². The van der Waals surface area contributed by atoms with Gasteiger partial charge in [0.25, 0.3) is 0 Å². The maximum atomic E-state index is 5.99. The van der Waals surface area contributed by atoms with Crippen LogP contribution in [0.2, 0.25) is 0 Å². The van der Waals surface area contributed by atoms with Gasteiger partial charge < -0.3 is 20.9 Å². The first-order chi connectivity index (χ1) is 11.1. The molecule has 4 heteroatoms. The van der Waals surface area contributed by atoms with E-state index in [9.17, 15) is 0 Å².